The average Bonchev–Trinajstić information content (AvgIpc) is 2.94. The van der Waals surface area contributed by atoms with Gasteiger partial charge in [0, 0.05) is 12.1 Å². The fourth-order valence-electron chi connectivity index (χ4n) is 4.79. The molecule has 1 aromatic heterocycles. The van der Waals surface area contributed by atoms with Gasteiger partial charge in [-0.2, -0.15) is 0 Å². The summed E-state index contributed by atoms with van der Waals surface area (Å²) in [5, 5.41) is 92.2. The number of phenols is 3. The van der Waals surface area contributed by atoms with E-state index in [1.165, 1.54) is 43.3 Å². The molecular formula is C27H31O14+. The van der Waals surface area contributed by atoms with Gasteiger partial charge in [0.05, 0.1) is 24.3 Å². The normalized spacial score (nSPS) is 34.0. The smallest absolute Gasteiger partial charge is 0.402 e. The van der Waals surface area contributed by atoms with Crippen LogP contribution >= 0.6 is 0 Å². The first-order chi connectivity index (χ1) is 19.5. The number of hydrogen-bond acceptors (Lipinski definition) is 13. The van der Waals surface area contributed by atoms with Crippen molar-refractivity contribution in [1.82, 2.24) is 0 Å². The number of phenolic OH excluding ortho intramolecular Hbond substituents is 3. The Hall–Kier alpha value is -3.31. The first-order valence-corrected chi connectivity index (χ1v) is 12.7. The minimum absolute atomic E-state index is 0.0344. The maximum absolute atomic E-state index is 10.9. The molecule has 0 bridgehead atoms. The van der Waals surface area contributed by atoms with Crippen molar-refractivity contribution in [2.24, 2.45) is 0 Å². The topological polar surface area (TPSA) is 230 Å². The quantitative estimate of drug-likeness (QED) is 0.168. The maximum Gasteiger partial charge on any atom is 0.402 e. The molecule has 2 aliphatic heterocycles. The van der Waals surface area contributed by atoms with Crippen LogP contribution < -0.4 is 4.74 Å². The Bertz CT molecular complexity index is 1370. The molecule has 0 amide bonds. The lowest BCUT2D eigenvalue weighted by Gasteiger charge is -2.45. The van der Waals surface area contributed by atoms with Crippen LogP contribution in [0.3, 0.4) is 0 Å². The zero-order valence-electron chi connectivity index (χ0n) is 21.6. The molecule has 222 valence electrons. The molecule has 0 saturated carbocycles. The number of rotatable bonds is 6. The lowest BCUT2D eigenvalue weighted by molar-refractivity contribution is -0.354. The maximum atomic E-state index is 10.9. The van der Waals surface area contributed by atoms with Crippen molar-refractivity contribution in [2.75, 3.05) is 6.61 Å². The van der Waals surface area contributed by atoms with Gasteiger partial charge in [-0.25, -0.2) is 4.42 Å². The standard InChI is InChI=1S/C27H30O14/c1-10-19(32)21(34)23(36)26(37-10)41-25-22(35)20(33)18(9-28)40-27(25)39-17-8-14-15(31)6-13(30)7-16(14)38-24(17)11-2-4-12(29)5-3-11/h2-8,10,18-23,25-28,32-36H,9H2,1H3,(H2-,29,30,31)/p+1/t10-,18-,19-,20+,21+,22-,23-,25+,26-,27+/m0/s1. The van der Waals surface area contributed by atoms with Crippen LogP contribution in [0.15, 0.2) is 46.9 Å². The number of aliphatic hydroxyl groups is 6. The Morgan fingerprint density at radius 2 is 1.49 bits per heavy atom. The molecular weight excluding hydrogens is 548 g/mol. The molecule has 0 spiro atoms. The second kappa shape index (κ2) is 11.5. The molecule has 3 heterocycles. The van der Waals surface area contributed by atoms with Gasteiger partial charge in [-0.1, -0.05) is 0 Å². The van der Waals surface area contributed by atoms with E-state index in [1.54, 1.807) is 0 Å². The van der Waals surface area contributed by atoms with Crippen LogP contribution in [-0.4, -0.2) is 114 Å². The van der Waals surface area contributed by atoms with Crippen molar-refractivity contribution in [1.29, 1.82) is 0 Å². The number of aromatic hydroxyl groups is 3. The van der Waals surface area contributed by atoms with Crippen molar-refractivity contribution in [3.63, 3.8) is 0 Å². The van der Waals surface area contributed by atoms with Gasteiger partial charge in [0.2, 0.25) is 12.0 Å². The molecule has 10 atom stereocenters. The van der Waals surface area contributed by atoms with Gasteiger partial charge in [-0.3, -0.25) is 0 Å². The van der Waals surface area contributed by atoms with Gasteiger partial charge in [0.1, 0.15) is 59.3 Å². The summed E-state index contributed by atoms with van der Waals surface area (Å²) in [5.41, 5.74) is 0.450. The van der Waals surface area contributed by atoms with Crippen molar-refractivity contribution < 1.29 is 69.3 Å². The Kier molecular flexibility index (Phi) is 8.20. The third-order valence-electron chi connectivity index (χ3n) is 7.11. The highest BCUT2D eigenvalue weighted by atomic mass is 16.8. The molecule has 5 rings (SSSR count). The Balaban J connectivity index is 1.55. The summed E-state index contributed by atoms with van der Waals surface area (Å²) in [6, 6.07) is 9.46. The van der Waals surface area contributed by atoms with Gasteiger partial charge in [-0.05, 0) is 31.2 Å². The lowest BCUT2D eigenvalue weighted by atomic mass is 9.97. The van der Waals surface area contributed by atoms with E-state index in [-0.39, 0.29) is 39.7 Å². The zero-order chi connectivity index (χ0) is 29.6. The van der Waals surface area contributed by atoms with Crippen molar-refractivity contribution in [3.05, 3.63) is 42.5 Å². The van der Waals surface area contributed by atoms with Crippen LogP contribution in [0.5, 0.6) is 23.0 Å². The Morgan fingerprint density at radius 1 is 0.780 bits per heavy atom. The average molecular weight is 580 g/mol. The summed E-state index contributed by atoms with van der Waals surface area (Å²) in [7, 11) is 0. The molecule has 3 aromatic rings. The van der Waals surface area contributed by atoms with E-state index in [2.05, 4.69) is 0 Å². The molecule has 14 nitrogen and oxygen atoms in total. The molecule has 2 saturated heterocycles. The van der Waals surface area contributed by atoms with E-state index in [0.717, 1.165) is 6.07 Å². The SMILES string of the molecule is C[C@@H]1O[C@@H](O[C@H]2[C@H](Oc3cc4c(O)cc(O)cc4[o+]c3-c3ccc(O)cc3)O[C@@H](CO)[C@@H](O)[C@@H]2O)[C@@H](O)[C@H](O)[C@H]1O. The van der Waals surface area contributed by atoms with Gasteiger partial charge < -0.3 is 64.9 Å². The largest absolute Gasteiger partial charge is 0.508 e. The fourth-order valence-corrected chi connectivity index (χ4v) is 4.79. The molecule has 2 aliphatic rings. The monoisotopic (exact) mass is 579 g/mol. The molecule has 14 heteroatoms. The molecule has 0 radical (unpaired) electrons. The van der Waals surface area contributed by atoms with E-state index >= 15 is 0 Å². The van der Waals surface area contributed by atoms with Gasteiger partial charge in [0.15, 0.2) is 12.4 Å². The molecule has 0 aliphatic carbocycles. The number of hydrogen-bond donors (Lipinski definition) is 9. The zero-order valence-corrected chi connectivity index (χ0v) is 21.6. The van der Waals surface area contributed by atoms with Crippen LogP contribution in [0.4, 0.5) is 0 Å². The first kappa shape index (κ1) is 29.2. The second-order valence-electron chi connectivity index (χ2n) is 9.97. The minimum atomic E-state index is -1.76. The van der Waals surface area contributed by atoms with E-state index in [9.17, 15) is 46.0 Å². The van der Waals surface area contributed by atoms with Crippen LogP contribution in [0.25, 0.3) is 22.3 Å². The summed E-state index contributed by atoms with van der Waals surface area (Å²) < 4.78 is 29.0. The number of benzene rings is 2. The van der Waals surface area contributed by atoms with Crippen LogP contribution in [-0.2, 0) is 14.2 Å². The van der Waals surface area contributed by atoms with Gasteiger partial charge >= 0.3 is 11.3 Å². The highest BCUT2D eigenvalue weighted by Crippen LogP contribution is 2.41. The number of fused-ring (bicyclic) bond motifs is 1. The number of ether oxygens (including phenoxy) is 4. The van der Waals surface area contributed by atoms with Crippen molar-refractivity contribution >= 4 is 11.0 Å². The predicted octanol–water partition coefficient (Wildman–Crippen LogP) is -0.472. The summed E-state index contributed by atoms with van der Waals surface area (Å²) >= 11 is 0. The van der Waals surface area contributed by atoms with E-state index in [0.29, 0.717) is 5.56 Å². The molecule has 0 unspecified atom stereocenters. The van der Waals surface area contributed by atoms with Gasteiger partial charge in [-0.15, -0.1) is 0 Å². The molecule has 41 heavy (non-hydrogen) atoms. The van der Waals surface area contributed by atoms with Crippen LogP contribution in [0, 0.1) is 0 Å². The third kappa shape index (κ3) is 5.61. The highest BCUT2D eigenvalue weighted by Gasteiger charge is 2.51. The van der Waals surface area contributed by atoms with E-state index < -0.39 is 68.0 Å². The molecule has 2 fully saturated rings. The predicted molar refractivity (Wildman–Crippen MR) is 137 cm³/mol. The van der Waals surface area contributed by atoms with Crippen LogP contribution in [0.1, 0.15) is 6.92 Å². The summed E-state index contributed by atoms with van der Waals surface area (Å²) in [6.45, 7) is 0.710. The number of aliphatic hydroxyl groups excluding tert-OH is 6. The summed E-state index contributed by atoms with van der Waals surface area (Å²) in [5.74, 6) is -0.716. The fraction of sp³-hybridized carbons (Fsp3) is 0.444. The first-order valence-electron chi connectivity index (χ1n) is 12.7. The lowest BCUT2D eigenvalue weighted by Crippen LogP contribution is -2.64. The third-order valence-corrected chi connectivity index (χ3v) is 7.11. The van der Waals surface area contributed by atoms with Gasteiger partial charge in [0.25, 0.3) is 0 Å². The van der Waals surface area contributed by atoms with Crippen molar-refractivity contribution in [2.45, 2.75) is 68.3 Å². The van der Waals surface area contributed by atoms with Crippen LogP contribution in [0.2, 0.25) is 0 Å². The van der Waals surface area contributed by atoms with Crippen molar-refractivity contribution in [3.8, 4) is 34.3 Å². The Morgan fingerprint density at radius 3 is 2.17 bits per heavy atom. The molecule has 2 aromatic carbocycles. The minimum Gasteiger partial charge on any atom is -0.508 e. The van der Waals surface area contributed by atoms with E-state index in [4.69, 9.17) is 23.4 Å². The van der Waals surface area contributed by atoms with E-state index in [1.807, 2.05) is 0 Å². The molecule has 9 N–H and O–H groups in total. The summed E-state index contributed by atoms with van der Waals surface area (Å²) in [6.07, 6.45) is -15.4. The second-order valence-corrected chi connectivity index (χ2v) is 9.97. The Labute approximate surface area is 232 Å². The highest BCUT2D eigenvalue weighted by molar-refractivity contribution is 5.88. The summed E-state index contributed by atoms with van der Waals surface area (Å²) in [4.78, 5) is 0.